The molecule has 2 N–H and O–H groups in total. The van der Waals surface area contributed by atoms with E-state index in [1.807, 2.05) is 19.1 Å². The average Bonchev–Trinajstić information content (AvgIpc) is 3.20. The molecule has 0 aliphatic carbocycles. The van der Waals surface area contributed by atoms with Gasteiger partial charge in [0.2, 0.25) is 5.95 Å². The molecule has 1 aromatic carbocycles. The van der Waals surface area contributed by atoms with Crippen LogP contribution in [0, 0.1) is 0 Å². The van der Waals surface area contributed by atoms with E-state index in [-0.39, 0.29) is 5.91 Å². The number of anilines is 2. The monoisotopic (exact) mass is 392 g/mol. The number of carbonyl (C=O) groups is 1. The highest BCUT2D eigenvalue weighted by Gasteiger charge is 2.36. The quantitative estimate of drug-likeness (QED) is 0.688. The van der Waals surface area contributed by atoms with Crippen LogP contribution in [0.3, 0.4) is 0 Å². The van der Waals surface area contributed by atoms with Gasteiger partial charge in [-0.1, -0.05) is 18.2 Å². The second-order valence-electron chi connectivity index (χ2n) is 6.35. The SMILES string of the molecule is COc1cccc(C2C(C(=O)Nc3ccccn3)=C(C)Nc3ncnn32)c1OC. The number of methoxy groups -OCH3 is 2. The van der Waals surface area contributed by atoms with Gasteiger partial charge in [0, 0.05) is 17.5 Å². The van der Waals surface area contributed by atoms with Gasteiger partial charge < -0.3 is 20.1 Å². The summed E-state index contributed by atoms with van der Waals surface area (Å²) in [7, 11) is 3.13. The van der Waals surface area contributed by atoms with E-state index in [2.05, 4.69) is 25.7 Å². The smallest absolute Gasteiger partial charge is 0.257 e. The number of benzene rings is 1. The molecule has 2 aromatic heterocycles. The molecule has 1 unspecified atom stereocenters. The number of nitrogens with zero attached hydrogens (tertiary/aromatic N) is 4. The van der Waals surface area contributed by atoms with Crippen LogP contribution in [0.15, 0.2) is 60.2 Å². The van der Waals surface area contributed by atoms with Crippen LogP contribution in [0.4, 0.5) is 11.8 Å². The van der Waals surface area contributed by atoms with E-state index in [0.29, 0.717) is 34.5 Å². The van der Waals surface area contributed by atoms with E-state index in [9.17, 15) is 4.79 Å². The maximum atomic E-state index is 13.3. The van der Waals surface area contributed by atoms with E-state index < -0.39 is 6.04 Å². The number of hydrogen-bond acceptors (Lipinski definition) is 7. The summed E-state index contributed by atoms with van der Waals surface area (Å²) in [6.45, 7) is 1.82. The summed E-state index contributed by atoms with van der Waals surface area (Å²) in [6.07, 6.45) is 3.06. The van der Waals surface area contributed by atoms with Crippen LogP contribution in [0.2, 0.25) is 0 Å². The Morgan fingerprint density at radius 3 is 2.72 bits per heavy atom. The van der Waals surface area contributed by atoms with E-state index in [1.165, 1.54) is 6.33 Å². The fraction of sp³-hybridized carbons (Fsp3) is 0.200. The van der Waals surface area contributed by atoms with Gasteiger partial charge in [0.25, 0.3) is 5.91 Å². The molecule has 29 heavy (non-hydrogen) atoms. The molecule has 1 amide bonds. The number of para-hydroxylation sites is 1. The number of ether oxygens (including phenoxy) is 2. The number of fused-ring (bicyclic) bond motifs is 1. The van der Waals surface area contributed by atoms with Gasteiger partial charge >= 0.3 is 0 Å². The Morgan fingerprint density at radius 2 is 2.00 bits per heavy atom. The van der Waals surface area contributed by atoms with E-state index in [4.69, 9.17) is 9.47 Å². The standard InChI is InChI=1S/C20H20N6O3/c1-12-16(19(27)25-15-9-4-5-10-21-15)17(26-20(24-12)22-11-23-26)13-7-6-8-14(28-2)18(13)29-3/h4-11,17H,1-3H3,(H,21,25,27)(H,22,23,24). The largest absolute Gasteiger partial charge is 0.493 e. The first-order valence-corrected chi connectivity index (χ1v) is 8.94. The summed E-state index contributed by atoms with van der Waals surface area (Å²) in [4.78, 5) is 21.7. The van der Waals surface area contributed by atoms with Crippen LogP contribution < -0.4 is 20.1 Å². The summed E-state index contributed by atoms with van der Waals surface area (Å²) in [5, 5.41) is 10.3. The lowest BCUT2D eigenvalue weighted by molar-refractivity contribution is -0.113. The summed E-state index contributed by atoms with van der Waals surface area (Å²) in [5.74, 6) is 1.78. The lowest BCUT2D eigenvalue weighted by Gasteiger charge is -2.29. The molecule has 1 atom stereocenters. The Bertz CT molecular complexity index is 1080. The molecule has 0 fully saturated rings. The van der Waals surface area contributed by atoms with Crippen molar-refractivity contribution in [2.24, 2.45) is 0 Å². The molecule has 1 aliphatic rings. The van der Waals surface area contributed by atoms with Gasteiger partial charge in [-0.25, -0.2) is 9.67 Å². The Hall–Kier alpha value is -3.88. The molecule has 0 saturated heterocycles. The molecule has 1 aliphatic heterocycles. The van der Waals surface area contributed by atoms with Gasteiger partial charge in [-0.05, 0) is 25.1 Å². The highest BCUT2D eigenvalue weighted by molar-refractivity contribution is 6.05. The first-order valence-electron chi connectivity index (χ1n) is 8.94. The number of rotatable bonds is 5. The Morgan fingerprint density at radius 1 is 1.14 bits per heavy atom. The summed E-state index contributed by atoms with van der Waals surface area (Å²) in [6, 6.07) is 10.3. The zero-order valence-electron chi connectivity index (χ0n) is 16.2. The second kappa shape index (κ2) is 7.63. The fourth-order valence-corrected chi connectivity index (χ4v) is 3.42. The van der Waals surface area contributed by atoms with Crippen LogP contribution in [-0.2, 0) is 4.79 Å². The molecule has 0 radical (unpaired) electrons. The van der Waals surface area contributed by atoms with Crippen molar-refractivity contribution >= 4 is 17.7 Å². The van der Waals surface area contributed by atoms with Gasteiger partial charge in [0.15, 0.2) is 11.5 Å². The topological polar surface area (TPSA) is 103 Å². The Labute approximate surface area is 167 Å². The molecule has 4 rings (SSSR count). The van der Waals surface area contributed by atoms with Crippen molar-refractivity contribution < 1.29 is 14.3 Å². The second-order valence-corrected chi connectivity index (χ2v) is 6.35. The highest BCUT2D eigenvalue weighted by atomic mass is 16.5. The molecule has 3 aromatic rings. The van der Waals surface area contributed by atoms with Gasteiger partial charge in [0.1, 0.15) is 18.2 Å². The zero-order valence-corrected chi connectivity index (χ0v) is 16.2. The van der Waals surface area contributed by atoms with Crippen LogP contribution in [0.25, 0.3) is 0 Å². The van der Waals surface area contributed by atoms with E-state index >= 15 is 0 Å². The van der Waals surface area contributed by atoms with Gasteiger partial charge in [-0.2, -0.15) is 10.1 Å². The molecule has 148 valence electrons. The Balaban J connectivity index is 1.84. The minimum Gasteiger partial charge on any atom is -0.493 e. The van der Waals surface area contributed by atoms with Crippen molar-refractivity contribution in [1.29, 1.82) is 0 Å². The van der Waals surface area contributed by atoms with E-state index in [1.54, 1.807) is 49.4 Å². The molecule has 9 heteroatoms. The minimum absolute atomic E-state index is 0.301. The van der Waals surface area contributed by atoms with Crippen molar-refractivity contribution in [3.63, 3.8) is 0 Å². The first kappa shape index (κ1) is 18.5. The van der Waals surface area contributed by atoms with Crippen molar-refractivity contribution in [3.8, 4) is 11.5 Å². The third-order valence-electron chi connectivity index (χ3n) is 4.67. The third kappa shape index (κ3) is 3.27. The number of nitrogens with one attached hydrogen (secondary N) is 2. The minimum atomic E-state index is -0.567. The summed E-state index contributed by atoms with van der Waals surface area (Å²) >= 11 is 0. The molecule has 0 bridgehead atoms. The number of hydrogen-bond donors (Lipinski definition) is 2. The van der Waals surface area contributed by atoms with Gasteiger partial charge in [0.05, 0.1) is 19.8 Å². The maximum absolute atomic E-state index is 13.3. The molecular formula is C20H20N6O3. The highest BCUT2D eigenvalue weighted by Crippen LogP contribution is 2.42. The van der Waals surface area contributed by atoms with Gasteiger partial charge in [-0.3, -0.25) is 4.79 Å². The van der Waals surface area contributed by atoms with Crippen molar-refractivity contribution in [2.45, 2.75) is 13.0 Å². The number of allylic oxidation sites excluding steroid dienone is 1. The summed E-state index contributed by atoms with van der Waals surface area (Å²) in [5.41, 5.74) is 1.86. The average molecular weight is 392 g/mol. The number of aromatic nitrogens is 4. The lowest BCUT2D eigenvalue weighted by atomic mass is 9.94. The number of amides is 1. The molecule has 0 spiro atoms. The molecule has 0 saturated carbocycles. The number of carbonyl (C=O) groups excluding carboxylic acids is 1. The predicted molar refractivity (Wildman–Crippen MR) is 107 cm³/mol. The normalized spacial score (nSPS) is 15.3. The van der Waals surface area contributed by atoms with Crippen LogP contribution in [0.1, 0.15) is 18.5 Å². The number of pyridine rings is 1. The van der Waals surface area contributed by atoms with Crippen LogP contribution >= 0.6 is 0 Å². The lowest BCUT2D eigenvalue weighted by Crippen LogP contribution is -2.32. The zero-order chi connectivity index (χ0) is 20.4. The van der Waals surface area contributed by atoms with Crippen LogP contribution in [-0.4, -0.2) is 39.9 Å². The van der Waals surface area contributed by atoms with Crippen molar-refractivity contribution in [2.75, 3.05) is 24.9 Å². The van der Waals surface area contributed by atoms with E-state index in [0.717, 1.165) is 5.56 Å². The fourth-order valence-electron chi connectivity index (χ4n) is 3.42. The molecule has 9 nitrogen and oxygen atoms in total. The Kier molecular flexibility index (Phi) is 4.86. The molecule has 3 heterocycles. The molecular weight excluding hydrogens is 372 g/mol. The first-order chi connectivity index (χ1) is 14.1. The van der Waals surface area contributed by atoms with Gasteiger partial charge in [-0.15, -0.1) is 0 Å². The van der Waals surface area contributed by atoms with Crippen LogP contribution in [0.5, 0.6) is 11.5 Å². The maximum Gasteiger partial charge on any atom is 0.257 e. The predicted octanol–water partition coefficient (Wildman–Crippen LogP) is 2.62. The van der Waals surface area contributed by atoms with Crippen molar-refractivity contribution in [3.05, 3.63) is 65.8 Å². The third-order valence-corrected chi connectivity index (χ3v) is 4.67. The van der Waals surface area contributed by atoms with Crippen molar-refractivity contribution in [1.82, 2.24) is 19.7 Å². The summed E-state index contributed by atoms with van der Waals surface area (Å²) < 4.78 is 12.7.